The minimum absolute atomic E-state index is 0.0658. The van der Waals surface area contributed by atoms with Crippen LogP contribution >= 0.6 is 0 Å². The number of halogens is 5. The molecule has 6 heteroatoms. The summed E-state index contributed by atoms with van der Waals surface area (Å²) in [7, 11) is 0. The minimum atomic E-state index is -5.10. The van der Waals surface area contributed by atoms with Gasteiger partial charge in [-0.15, -0.1) is 0 Å². The van der Waals surface area contributed by atoms with Crippen LogP contribution in [0.1, 0.15) is 12.5 Å². The fourth-order valence-electron chi connectivity index (χ4n) is 3.54. The van der Waals surface area contributed by atoms with Crippen LogP contribution in [0.2, 0.25) is 0 Å². The maximum atomic E-state index is 14.3. The van der Waals surface area contributed by atoms with Crippen LogP contribution in [0.25, 0.3) is 33.0 Å². The van der Waals surface area contributed by atoms with Gasteiger partial charge in [-0.3, -0.25) is 0 Å². The summed E-state index contributed by atoms with van der Waals surface area (Å²) in [6.07, 6.45) is -5.10. The molecule has 0 aliphatic carbocycles. The summed E-state index contributed by atoms with van der Waals surface area (Å²) in [5, 5.41) is -0.209. The maximum absolute atomic E-state index is 14.3. The minimum Gasteiger partial charge on any atom is -0.494 e. The number of benzene rings is 4. The first-order chi connectivity index (χ1) is 14.8. The van der Waals surface area contributed by atoms with Crippen molar-refractivity contribution >= 4 is 10.8 Å². The SMILES string of the molecule is CCOc1ccc(-c2ccc(-c3ccc4c(F)c(C(F)(F)F)c(F)cc4c3)cc2)cc1. The molecule has 1 nitrogen and oxygen atoms in total. The number of rotatable bonds is 4. The van der Waals surface area contributed by atoms with Crippen molar-refractivity contribution in [2.75, 3.05) is 6.61 Å². The molecular formula is C25H17F5O. The Kier molecular flexibility index (Phi) is 5.39. The highest BCUT2D eigenvalue weighted by molar-refractivity contribution is 5.89. The van der Waals surface area contributed by atoms with E-state index in [0.29, 0.717) is 12.2 Å². The Balaban J connectivity index is 1.67. The van der Waals surface area contributed by atoms with E-state index in [1.54, 1.807) is 0 Å². The Morgan fingerprint density at radius 3 is 1.77 bits per heavy atom. The maximum Gasteiger partial charge on any atom is 0.422 e. The quantitative estimate of drug-likeness (QED) is 0.301. The van der Waals surface area contributed by atoms with Crippen LogP contribution in [0.15, 0.2) is 72.8 Å². The van der Waals surface area contributed by atoms with Gasteiger partial charge in [-0.25, -0.2) is 8.78 Å². The lowest BCUT2D eigenvalue weighted by atomic mass is 9.97. The number of hydrogen-bond acceptors (Lipinski definition) is 1. The molecule has 0 bridgehead atoms. The van der Waals surface area contributed by atoms with Crippen molar-refractivity contribution in [3.05, 3.63) is 90.0 Å². The highest BCUT2D eigenvalue weighted by atomic mass is 19.4. The predicted octanol–water partition coefficient (Wildman–Crippen LogP) is 7.87. The van der Waals surface area contributed by atoms with Gasteiger partial charge in [-0.1, -0.05) is 48.5 Å². The van der Waals surface area contributed by atoms with Crippen LogP contribution in [0.4, 0.5) is 22.0 Å². The molecule has 158 valence electrons. The van der Waals surface area contributed by atoms with Crippen molar-refractivity contribution in [1.29, 1.82) is 0 Å². The second-order valence-electron chi connectivity index (χ2n) is 7.02. The molecule has 0 heterocycles. The molecule has 4 aromatic rings. The van der Waals surface area contributed by atoms with E-state index in [4.69, 9.17) is 4.74 Å². The molecule has 0 atom stereocenters. The third-order valence-electron chi connectivity index (χ3n) is 5.03. The zero-order chi connectivity index (χ0) is 22.2. The molecule has 0 aliphatic heterocycles. The molecule has 0 fully saturated rings. The molecule has 0 radical (unpaired) electrons. The van der Waals surface area contributed by atoms with Crippen LogP contribution in [-0.2, 0) is 6.18 Å². The number of alkyl halides is 3. The lowest BCUT2D eigenvalue weighted by Crippen LogP contribution is -2.11. The largest absolute Gasteiger partial charge is 0.494 e. The summed E-state index contributed by atoms with van der Waals surface area (Å²) >= 11 is 0. The fourth-order valence-corrected chi connectivity index (χ4v) is 3.54. The molecule has 4 aromatic carbocycles. The molecular weight excluding hydrogens is 411 g/mol. The van der Waals surface area contributed by atoms with Crippen molar-refractivity contribution in [3.8, 4) is 28.0 Å². The normalized spacial score (nSPS) is 11.7. The van der Waals surface area contributed by atoms with Gasteiger partial charge in [0.1, 0.15) is 22.9 Å². The molecule has 0 aromatic heterocycles. The monoisotopic (exact) mass is 428 g/mol. The average Bonchev–Trinajstić information content (AvgIpc) is 2.73. The topological polar surface area (TPSA) is 9.23 Å². The van der Waals surface area contributed by atoms with Gasteiger partial charge in [-0.2, -0.15) is 13.2 Å². The molecule has 31 heavy (non-hydrogen) atoms. The lowest BCUT2D eigenvalue weighted by molar-refractivity contribution is -0.142. The zero-order valence-corrected chi connectivity index (χ0v) is 16.4. The van der Waals surface area contributed by atoms with Gasteiger partial charge < -0.3 is 4.74 Å². The van der Waals surface area contributed by atoms with E-state index >= 15 is 0 Å². The second kappa shape index (κ2) is 8.02. The highest BCUT2D eigenvalue weighted by Crippen LogP contribution is 2.38. The molecule has 0 saturated heterocycles. The average molecular weight is 428 g/mol. The van der Waals surface area contributed by atoms with E-state index in [2.05, 4.69) is 0 Å². The molecule has 0 aliphatic rings. The number of hydrogen-bond donors (Lipinski definition) is 0. The van der Waals surface area contributed by atoms with E-state index in [-0.39, 0.29) is 10.8 Å². The summed E-state index contributed by atoms with van der Waals surface area (Å²) in [5.41, 5.74) is 1.52. The van der Waals surface area contributed by atoms with E-state index < -0.39 is 23.4 Å². The van der Waals surface area contributed by atoms with Crippen LogP contribution in [-0.4, -0.2) is 6.61 Å². The van der Waals surface area contributed by atoms with Gasteiger partial charge >= 0.3 is 6.18 Å². The third-order valence-corrected chi connectivity index (χ3v) is 5.03. The standard InChI is InChI=1S/C25H17F5O/c1-2-31-20-10-7-16(8-11-20)15-3-5-17(6-4-15)18-9-12-21-19(13-18)14-22(26)23(24(21)27)25(28,29)30/h3-14H,2H2,1H3. The van der Waals surface area contributed by atoms with Crippen LogP contribution in [0.3, 0.4) is 0 Å². The first-order valence-electron chi connectivity index (χ1n) is 9.60. The van der Waals surface area contributed by atoms with Gasteiger partial charge in [0.15, 0.2) is 0 Å². The summed E-state index contributed by atoms with van der Waals surface area (Å²) in [4.78, 5) is 0. The van der Waals surface area contributed by atoms with Crippen LogP contribution < -0.4 is 4.74 Å². The lowest BCUT2D eigenvalue weighted by Gasteiger charge is -2.12. The van der Waals surface area contributed by atoms with Gasteiger partial charge in [0, 0.05) is 5.39 Å². The first-order valence-corrected chi connectivity index (χ1v) is 9.60. The molecule has 0 amide bonds. The van der Waals surface area contributed by atoms with Crippen molar-refractivity contribution in [3.63, 3.8) is 0 Å². The van der Waals surface area contributed by atoms with E-state index in [1.165, 1.54) is 18.2 Å². The van der Waals surface area contributed by atoms with E-state index in [9.17, 15) is 22.0 Å². The Labute approximate surface area is 175 Å². The summed E-state index contributed by atoms with van der Waals surface area (Å²) in [6.45, 7) is 2.50. The molecule has 0 spiro atoms. The fraction of sp³-hybridized carbons (Fsp3) is 0.120. The van der Waals surface area contributed by atoms with Gasteiger partial charge in [0.25, 0.3) is 0 Å². The summed E-state index contributed by atoms with van der Waals surface area (Å²) < 4.78 is 72.5. The zero-order valence-electron chi connectivity index (χ0n) is 16.4. The Morgan fingerprint density at radius 1 is 0.710 bits per heavy atom. The molecule has 0 unspecified atom stereocenters. The third kappa shape index (κ3) is 4.10. The summed E-state index contributed by atoms with van der Waals surface area (Å²) in [6, 6.07) is 20.1. The second-order valence-corrected chi connectivity index (χ2v) is 7.02. The molecule has 4 rings (SSSR count). The number of ether oxygens (including phenoxy) is 1. The van der Waals surface area contributed by atoms with Crippen molar-refractivity contribution in [2.24, 2.45) is 0 Å². The molecule has 0 saturated carbocycles. The van der Waals surface area contributed by atoms with Crippen molar-refractivity contribution in [1.82, 2.24) is 0 Å². The Bertz CT molecular complexity index is 1230. The van der Waals surface area contributed by atoms with E-state index in [1.807, 2.05) is 55.5 Å². The Morgan fingerprint density at radius 2 is 1.23 bits per heavy atom. The Hall–Kier alpha value is -3.41. The summed E-state index contributed by atoms with van der Waals surface area (Å²) in [5.74, 6) is -2.44. The van der Waals surface area contributed by atoms with Crippen molar-refractivity contribution < 1.29 is 26.7 Å². The van der Waals surface area contributed by atoms with Crippen molar-refractivity contribution in [2.45, 2.75) is 13.1 Å². The van der Waals surface area contributed by atoms with Crippen LogP contribution in [0, 0.1) is 11.6 Å². The van der Waals surface area contributed by atoms with Gasteiger partial charge in [-0.05, 0) is 58.8 Å². The number of fused-ring (bicyclic) bond motifs is 1. The predicted molar refractivity (Wildman–Crippen MR) is 111 cm³/mol. The van der Waals surface area contributed by atoms with Gasteiger partial charge in [0.05, 0.1) is 6.61 Å². The first kappa shape index (κ1) is 20.8. The van der Waals surface area contributed by atoms with E-state index in [0.717, 1.165) is 28.5 Å². The van der Waals surface area contributed by atoms with Gasteiger partial charge in [0.2, 0.25) is 0 Å². The van der Waals surface area contributed by atoms with Crippen LogP contribution in [0.5, 0.6) is 5.75 Å². The smallest absolute Gasteiger partial charge is 0.422 e. The molecule has 0 N–H and O–H groups in total. The highest BCUT2D eigenvalue weighted by Gasteiger charge is 2.38.